The van der Waals surface area contributed by atoms with Crippen LogP contribution in [0.15, 0.2) is 54.7 Å². The Labute approximate surface area is 132 Å². The van der Waals surface area contributed by atoms with Gasteiger partial charge < -0.3 is 5.32 Å². The molecule has 0 bridgehead atoms. The van der Waals surface area contributed by atoms with Crippen LogP contribution < -0.4 is 5.32 Å². The molecule has 0 saturated heterocycles. The van der Waals surface area contributed by atoms with Crippen molar-refractivity contribution in [3.63, 3.8) is 0 Å². The lowest BCUT2D eigenvalue weighted by atomic mass is 10.0. The van der Waals surface area contributed by atoms with E-state index in [1.54, 1.807) is 12.3 Å². The fourth-order valence-corrected chi connectivity index (χ4v) is 2.17. The third-order valence-corrected chi connectivity index (χ3v) is 3.85. The highest BCUT2D eigenvalue weighted by Gasteiger charge is 2.03. The van der Waals surface area contributed by atoms with Gasteiger partial charge in [0.2, 0.25) is 0 Å². The number of hydrogen-bond acceptors (Lipinski definition) is 2. The van der Waals surface area contributed by atoms with Gasteiger partial charge in [-0.05, 0) is 54.7 Å². The molecule has 0 radical (unpaired) electrons. The Balaban J connectivity index is 1.99. The number of carbonyl (C=O) groups is 1. The quantitative estimate of drug-likeness (QED) is 0.603. The number of rotatable bonds is 5. The molecular formula is C20H23NO. The van der Waals surface area contributed by atoms with Crippen LogP contribution in [0.1, 0.15) is 46.8 Å². The van der Waals surface area contributed by atoms with E-state index >= 15 is 0 Å². The minimum absolute atomic E-state index is 0.00870. The van der Waals surface area contributed by atoms with Gasteiger partial charge in [-0.3, -0.25) is 4.79 Å². The molecule has 114 valence electrons. The van der Waals surface area contributed by atoms with E-state index in [0.717, 1.165) is 16.8 Å². The monoisotopic (exact) mass is 293 g/mol. The molecule has 0 amide bonds. The van der Waals surface area contributed by atoms with Gasteiger partial charge in [-0.15, -0.1) is 0 Å². The molecule has 0 aliphatic carbocycles. The largest absolute Gasteiger partial charge is 0.362 e. The van der Waals surface area contributed by atoms with Gasteiger partial charge in [0.15, 0.2) is 5.78 Å². The summed E-state index contributed by atoms with van der Waals surface area (Å²) in [5, 5.41) is 3.14. The summed E-state index contributed by atoms with van der Waals surface area (Å²) >= 11 is 0. The summed E-state index contributed by atoms with van der Waals surface area (Å²) in [4.78, 5) is 12.1. The normalized spacial score (nSPS) is 11.1. The highest BCUT2D eigenvalue weighted by Crippen LogP contribution is 2.17. The van der Waals surface area contributed by atoms with Crippen LogP contribution in [0.3, 0.4) is 0 Å². The van der Waals surface area contributed by atoms with E-state index < -0.39 is 0 Å². The molecule has 1 N–H and O–H groups in total. The second-order valence-corrected chi connectivity index (χ2v) is 5.92. The van der Waals surface area contributed by atoms with Crippen LogP contribution in [0.5, 0.6) is 0 Å². The molecular weight excluding hydrogens is 270 g/mol. The Morgan fingerprint density at radius 2 is 1.68 bits per heavy atom. The van der Waals surface area contributed by atoms with Gasteiger partial charge in [-0.25, -0.2) is 0 Å². The molecule has 0 heterocycles. The molecule has 22 heavy (non-hydrogen) atoms. The van der Waals surface area contributed by atoms with Crippen molar-refractivity contribution in [2.45, 2.75) is 33.6 Å². The lowest BCUT2D eigenvalue weighted by molar-refractivity contribution is 0.104. The Kier molecular flexibility index (Phi) is 5.16. The third-order valence-electron chi connectivity index (χ3n) is 3.85. The number of benzene rings is 2. The van der Waals surface area contributed by atoms with Crippen LogP contribution in [0.25, 0.3) is 0 Å². The summed E-state index contributed by atoms with van der Waals surface area (Å²) in [5.74, 6) is 0.533. The molecule has 0 fully saturated rings. The molecule has 0 aliphatic heterocycles. The van der Waals surface area contributed by atoms with Crippen molar-refractivity contribution in [1.29, 1.82) is 0 Å². The maximum absolute atomic E-state index is 12.1. The number of ketones is 1. The van der Waals surface area contributed by atoms with Gasteiger partial charge in [0.25, 0.3) is 0 Å². The molecule has 2 aromatic carbocycles. The number of nitrogens with one attached hydrogen (secondary N) is 1. The summed E-state index contributed by atoms with van der Waals surface area (Å²) < 4.78 is 0. The zero-order chi connectivity index (χ0) is 16.1. The molecule has 0 spiro atoms. The molecule has 2 nitrogen and oxygen atoms in total. The van der Waals surface area contributed by atoms with Gasteiger partial charge in [-0.1, -0.05) is 38.1 Å². The van der Waals surface area contributed by atoms with E-state index in [9.17, 15) is 4.79 Å². The summed E-state index contributed by atoms with van der Waals surface area (Å²) in [7, 11) is 0. The highest BCUT2D eigenvalue weighted by molar-refractivity contribution is 6.04. The van der Waals surface area contributed by atoms with Crippen molar-refractivity contribution in [3.05, 3.63) is 77.0 Å². The molecule has 2 heteroatoms. The number of carbonyl (C=O) groups excluding carboxylic acids is 1. The van der Waals surface area contributed by atoms with Crippen LogP contribution in [0, 0.1) is 13.8 Å². The van der Waals surface area contributed by atoms with E-state index in [2.05, 4.69) is 31.3 Å². The standard InChI is InChI=1S/C20H23NO/c1-14(2)17-7-9-19(10-8-17)21-12-11-20(22)18-6-5-15(3)16(4)13-18/h5-14,21H,1-4H3/b12-11+. The van der Waals surface area contributed by atoms with Gasteiger partial charge in [0, 0.05) is 23.5 Å². The number of allylic oxidation sites excluding steroid dienone is 1. The summed E-state index contributed by atoms with van der Waals surface area (Å²) in [6.07, 6.45) is 3.27. The average Bonchev–Trinajstić information content (AvgIpc) is 2.50. The van der Waals surface area contributed by atoms with Crippen molar-refractivity contribution in [2.24, 2.45) is 0 Å². The highest BCUT2D eigenvalue weighted by atomic mass is 16.1. The van der Waals surface area contributed by atoms with Crippen LogP contribution in [-0.4, -0.2) is 5.78 Å². The smallest absolute Gasteiger partial charge is 0.187 e. The molecule has 0 unspecified atom stereocenters. The van der Waals surface area contributed by atoms with Gasteiger partial charge in [-0.2, -0.15) is 0 Å². The minimum atomic E-state index is 0.00870. The molecule has 2 rings (SSSR count). The van der Waals surface area contributed by atoms with Crippen molar-refractivity contribution < 1.29 is 4.79 Å². The molecule has 0 atom stereocenters. The zero-order valence-corrected chi connectivity index (χ0v) is 13.7. The van der Waals surface area contributed by atoms with Crippen molar-refractivity contribution in [1.82, 2.24) is 0 Å². The van der Waals surface area contributed by atoms with E-state index in [-0.39, 0.29) is 5.78 Å². The first-order chi connectivity index (χ1) is 10.5. The lowest BCUT2D eigenvalue weighted by Crippen LogP contribution is -1.98. The Bertz CT molecular complexity index is 681. The van der Waals surface area contributed by atoms with Gasteiger partial charge >= 0.3 is 0 Å². The SMILES string of the molecule is Cc1ccc(C(=O)/C=C/Nc2ccc(C(C)C)cc2)cc1C. The molecule has 0 saturated carbocycles. The molecule has 2 aromatic rings. The van der Waals surface area contributed by atoms with E-state index in [1.165, 1.54) is 11.1 Å². The van der Waals surface area contributed by atoms with Crippen molar-refractivity contribution in [3.8, 4) is 0 Å². The first-order valence-corrected chi connectivity index (χ1v) is 7.62. The van der Waals surface area contributed by atoms with Crippen molar-refractivity contribution in [2.75, 3.05) is 5.32 Å². The third kappa shape index (κ3) is 4.08. The van der Waals surface area contributed by atoms with Crippen LogP contribution in [-0.2, 0) is 0 Å². The Hall–Kier alpha value is -2.35. The lowest BCUT2D eigenvalue weighted by Gasteiger charge is -2.06. The summed E-state index contributed by atoms with van der Waals surface area (Å²) in [6.45, 7) is 8.40. The first kappa shape index (κ1) is 16.0. The maximum Gasteiger partial charge on any atom is 0.187 e. The number of aryl methyl sites for hydroxylation is 2. The number of anilines is 1. The molecule has 0 aliphatic rings. The topological polar surface area (TPSA) is 29.1 Å². The fraction of sp³-hybridized carbons (Fsp3) is 0.250. The van der Waals surface area contributed by atoms with Crippen LogP contribution >= 0.6 is 0 Å². The Morgan fingerprint density at radius 3 is 2.27 bits per heavy atom. The predicted molar refractivity (Wildman–Crippen MR) is 93.5 cm³/mol. The van der Waals surface area contributed by atoms with E-state index in [0.29, 0.717) is 5.92 Å². The zero-order valence-electron chi connectivity index (χ0n) is 13.7. The maximum atomic E-state index is 12.1. The van der Waals surface area contributed by atoms with E-state index in [4.69, 9.17) is 0 Å². The van der Waals surface area contributed by atoms with Crippen LogP contribution in [0.4, 0.5) is 5.69 Å². The fourth-order valence-electron chi connectivity index (χ4n) is 2.17. The predicted octanol–water partition coefficient (Wildman–Crippen LogP) is 5.24. The minimum Gasteiger partial charge on any atom is -0.362 e. The van der Waals surface area contributed by atoms with Gasteiger partial charge in [0.05, 0.1) is 0 Å². The first-order valence-electron chi connectivity index (χ1n) is 7.62. The van der Waals surface area contributed by atoms with E-state index in [1.807, 2.05) is 44.2 Å². The van der Waals surface area contributed by atoms with Crippen molar-refractivity contribution >= 4 is 11.5 Å². The van der Waals surface area contributed by atoms with Crippen LogP contribution in [0.2, 0.25) is 0 Å². The number of hydrogen-bond donors (Lipinski definition) is 1. The Morgan fingerprint density at radius 1 is 1.00 bits per heavy atom. The summed E-state index contributed by atoms with van der Waals surface area (Å²) in [5.41, 5.74) is 5.34. The second kappa shape index (κ2) is 7.08. The molecule has 0 aromatic heterocycles. The second-order valence-electron chi connectivity index (χ2n) is 5.92. The summed E-state index contributed by atoms with van der Waals surface area (Å²) in [6, 6.07) is 14.0. The van der Waals surface area contributed by atoms with Gasteiger partial charge in [0.1, 0.15) is 0 Å². The average molecular weight is 293 g/mol.